The van der Waals surface area contributed by atoms with E-state index < -0.39 is 24.4 Å². The van der Waals surface area contributed by atoms with E-state index in [1.165, 1.54) is 7.11 Å². The Morgan fingerprint density at radius 3 is 2.83 bits per heavy atom. The summed E-state index contributed by atoms with van der Waals surface area (Å²) in [5.41, 5.74) is 0. The highest BCUT2D eigenvalue weighted by molar-refractivity contribution is 5.57. The Balaban J connectivity index is 2.53. The number of aliphatic hydroxyl groups is 2. The number of rotatable bonds is 3. The summed E-state index contributed by atoms with van der Waals surface area (Å²) < 4.78 is 9.81. The number of hydrogen-bond donors (Lipinski definition) is 2. The van der Waals surface area contributed by atoms with Gasteiger partial charge < -0.3 is 24.5 Å². The molecular weight excluding hydrogens is 164 g/mol. The highest BCUT2D eigenvalue weighted by atomic mass is 16.6. The minimum absolute atomic E-state index is 0.202. The van der Waals surface area contributed by atoms with Gasteiger partial charge >= 0.3 is 0 Å². The lowest BCUT2D eigenvalue weighted by Gasteiger charge is -2.17. The fourth-order valence-electron chi connectivity index (χ4n) is 1.20. The predicted octanol–water partition coefficient (Wildman–Crippen LogP) is -1.68. The molecule has 12 heavy (non-hydrogen) atoms. The van der Waals surface area contributed by atoms with E-state index in [-0.39, 0.29) is 6.61 Å². The maximum atomic E-state index is 10.2. The number of ether oxygens (including phenoxy) is 2. The van der Waals surface area contributed by atoms with Gasteiger partial charge in [-0.3, -0.25) is 0 Å². The molecule has 0 spiro atoms. The van der Waals surface area contributed by atoms with E-state index in [4.69, 9.17) is 14.6 Å². The van der Waals surface area contributed by atoms with Crippen molar-refractivity contribution in [3.05, 3.63) is 0 Å². The van der Waals surface area contributed by atoms with Gasteiger partial charge in [-0.2, -0.15) is 0 Å². The summed E-state index contributed by atoms with van der Waals surface area (Å²) >= 11 is 0. The predicted molar refractivity (Wildman–Crippen MR) is 38.6 cm³/mol. The second kappa shape index (κ2) is 3.95. The van der Waals surface area contributed by atoms with Gasteiger partial charge in [0.1, 0.15) is 24.4 Å². The zero-order valence-corrected chi connectivity index (χ0v) is 6.71. The molecule has 0 aliphatic carbocycles. The fourth-order valence-corrected chi connectivity index (χ4v) is 1.20. The third-order valence-corrected chi connectivity index (χ3v) is 1.95. The topological polar surface area (TPSA) is 76.0 Å². The van der Waals surface area contributed by atoms with Crippen LogP contribution in [0.25, 0.3) is 0 Å². The maximum Gasteiger partial charge on any atom is 0.151 e. The summed E-state index contributed by atoms with van der Waals surface area (Å²) in [6.07, 6.45) is -3.18. The molecule has 2 N–H and O–H groups in total. The van der Waals surface area contributed by atoms with Crippen LogP contribution in [0.3, 0.4) is 0 Å². The third-order valence-electron chi connectivity index (χ3n) is 1.95. The molecule has 0 bridgehead atoms. The first-order valence-electron chi connectivity index (χ1n) is 3.66. The molecule has 1 aliphatic heterocycles. The van der Waals surface area contributed by atoms with E-state index in [0.29, 0.717) is 6.29 Å². The number of carbonyl (C=O) groups is 1. The van der Waals surface area contributed by atoms with Crippen molar-refractivity contribution < 1.29 is 24.5 Å². The second-order valence-corrected chi connectivity index (χ2v) is 2.69. The third kappa shape index (κ3) is 1.64. The molecule has 0 radical (unpaired) electrons. The van der Waals surface area contributed by atoms with Crippen molar-refractivity contribution in [2.24, 2.45) is 0 Å². The highest BCUT2D eigenvalue weighted by Gasteiger charge is 2.40. The molecule has 0 amide bonds. The van der Waals surface area contributed by atoms with Gasteiger partial charge in [0.2, 0.25) is 0 Å². The lowest BCUT2D eigenvalue weighted by atomic mass is 10.1. The SMILES string of the molecule is CO[C@@H]1CO[C@@H]([C@@H](O)C=O)[C@@H]1O. The first-order chi connectivity index (χ1) is 5.70. The summed E-state index contributed by atoms with van der Waals surface area (Å²) in [5, 5.41) is 18.4. The number of methoxy groups -OCH3 is 1. The zero-order chi connectivity index (χ0) is 9.14. The number of aliphatic hydroxyl groups excluding tert-OH is 2. The normalized spacial score (nSPS) is 38.1. The first kappa shape index (κ1) is 9.60. The molecule has 4 atom stereocenters. The number of hydrogen-bond acceptors (Lipinski definition) is 5. The van der Waals surface area contributed by atoms with E-state index in [9.17, 15) is 9.90 Å². The van der Waals surface area contributed by atoms with Gasteiger partial charge in [0.15, 0.2) is 6.29 Å². The fraction of sp³-hybridized carbons (Fsp3) is 0.857. The van der Waals surface area contributed by atoms with Gasteiger partial charge in [-0.1, -0.05) is 0 Å². The number of aldehydes is 1. The molecule has 1 rings (SSSR count). The van der Waals surface area contributed by atoms with Crippen LogP contribution in [0.15, 0.2) is 0 Å². The largest absolute Gasteiger partial charge is 0.387 e. The van der Waals surface area contributed by atoms with Gasteiger partial charge in [0.05, 0.1) is 6.61 Å². The van der Waals surface area contributed by atoms with Crippen LogP contribution in [0.2, 0.25) is 0 Å². The molecule has 0 aromatic carbocycles. The molecule has 0 aromatic rings. The Hall–Kier alpha value is -0.490. The second-order valence-electron chi connectivity index (χ2n) is 2.69. The molecule has 1 aliphatic rings. The molecule has 5 heteroatoms. The minimum Gasteiger partial charge on any atom is -0.387 e. The molecule has 0 unspecified atom stereocenters. The smallest absolute Gasteiger partial charge is 0.151 e. The van der Waals surface area contributed by atoms with Gasteiger partial charge in [-0.05, 0) is 0 Å². The summed E-state index contributed by atoms with van der Waals surface area (Å²) in [5.74, 6) is 0. The van der Waals surface area contributed by atoms with Gasteiger partial charge in [0.25, 0.3) is 0 Å². The van der Waals surface area contributed by atoms with E-state index in [2.05, 4.69) is 0 Å². The van der Waals surface area contributed by atoms with Crippen LogP contribution in [0.5, 0.6) is 0 Å². The van der Waals surface area contributed by atoms with E-state index in [0.717, 1.165) is 0 Å². The van der Waals surface area contributed by atoms with Crippen molar-refractivity contribution in [1.29, 1.82) is 0 Å². The molecule has 0 aromatic heterocycles. The summed E-state index contributed by atoms with van der Waals surface area (Å²) in [6.45, 7) is 0.202. The van der Waals surface area contributed by atoms with Gasteiger partial charge in [0, 0.05) is 7.11 Å². The van der Waals surface area contributed by atoms with Crippen LogP contribution in [0.1, 0.15) is 0 Å². The van der Waals surface area contributed by atoms with Crippen molar-refractivity contribution in [2.45, 2.75) is 24.4 Å². The Morgan fingerprint density at radius 1 is 1.75 bits per heavy atom. The summed E-state index contributed by atoms with van der Waals surface area (Å²) in [6, 6.07) is 0. The quantitative estimate of drug-likeness (QED) is 0.502. The summed E-state index contributed by atoms with van der Waals surface area (Å²) in [4.78, 5) is 10.2. The Bertz CT molecular complexity index is 160. The van der Waals surface area contributed by atoms with Crippen molar-refractivity contribution >= 4 is 6.29 Å². The molecule has 1 fully saturated rings. The maximum absolute atomic E-state index is 10.2. The van der Waals surface area contributed by atoms with E-state index in [1.54, 1.807) is 0 Å². The van der Waals surface area contributed by atoms with Crippen molar-refractivity contribution in [3.8, 4) is 0 Å². The van der Waals surface area contributed by atoms with Gasteiger partial charge in [-0.25, -0.2) is 0 Å². The van der Waals surface area contributed by atoms with Crippen LogP contribution in [0.4, 0.5) is 0 Å². The molecular formula is C7H12O5. The van der Waals surface area contributed by atoms with Crippen molar-refractivity contribution in [2.75, 3.05) is 13.7 Å². The van der Waals surface area contributed by atoms with Gasteiger partial charge in [-0.15, -0.1) is 0 Å². The van der Waals surface area contributed by atoms with Crippen LogP contribution in [-0.2, 0) is 14.3 Å². The Morgan fingerprint density at radius 2 is 2.42 bits per heavy atom. The zero-order valence-electron chi connectivity index (χ0n) is 6.71. The molecule has 5 nitrogen and oxygen atoms in total. The molecule has 0 saturated carbocycles. The minimum atomic E-state index is -1.28. The Labute approximate surface area is 69.9 Å². The van der Waals surface area contributed by atoms with Crippen molar-refractivity contribution in [3.63, 3.8) is 0 Å². The van der Waals surface area contributed by atoms with E-state index >= 15 is 0 Å². The highest BCUT2D eigenvalue weighted by Crippen LogP contribution is 2.18. The van der Waals surface area contributed by atoms with Crippen LogP contribution in [-0.4, -0.2) is 54.6 Å². The lowest BCUT2D eigenvalue weighted by molar-refractivity contribution is -0.124. The van der Waals surface area contributed by atoms with Crippen LogP contribution >= 0.6 is 0 Å². The first-order valence-corrected chi connectivity index (χ1v) is 3.66. The molecule has 70 valence electrons. The average molecular weight is 176 g/mol. The lowest BCUT2D eigenvalue weighted by Crippen LogP contribution is -2.39. The van der Waals surface area contributed by atoms with E-state index in [1.807, 2.05) is 0 Å². The monoisotopic (exact) mass is 176 g/mol. The molecule has 1 saturated heterocycles. The molecule has 1 heterocycles. The van der Waals surface area contributed by atoms with Crippen molar-refractivity contribution in [1.82, 2.24) is 0 Å². The number of carbonyl (C=O) groups excluding carboxylic acids is 1. The average Bonchev–Trinajstić information content (AvgIpc) is 2.45. The van der Waals surface area contributed by atoms with Crippen LogP contribution < -0.4 is 0 Å². The Kier molecular flexibility index (Phi) is 3.16. The standard InChI is InChI=1S/C7H12O5/c1-11-5-3-12-7(6(5)10)4(9)2-8/h2,4-7,9-10H,3H2,1H3/t4-,5+,6+,7-/m0/s1. The summed E-state index contributed by atoms with van der Waals surface area (Å²) in [7, 11) is 1.44. The van der Waals surface area contributed by atoms with Crippen LogP contribution in [0, 0.1) is 0 Å².